The molecule has 0 aromatic carbocycles. The van der Waals surface area contributed by atoms with Crippen LogP contribution >= 0.6 is 0 Å². The molecule has 2 nitrogen and oxygen atoms in total. The molecule has 0 amide bonds. The van der Waals surface area contributed by atoms with E-state index < -0.39 is 0 Å². The Balaban J connectivity index is 0.000000112. The van der Waals surface area contributed by atoms with Crippen molar-refractivity contribution < 1.29 is 4.79 Å². The highest BCUT2D eigenvalue weighted by molar-refractivity contribution is 5.86. The normalized spacial score (nSPS) is 54.1. The van der Waals surface area contributed by atoms with E-state index in [0.29, 0.717) is 28.6 Å². The van der Waals surface area contributed by atoms with Crippen LogP contribution in [0.1, 0.15) is 72.6 Å². The van der Waals surface area contributed by atoms with Crippen LogP contribution in [0.5, 0.6) is 0 Å². The van der Waals surface area contributed by atoms with E-state index in [0.717, 1.165) is 29.6 Å². The fourth-order valence-corrected chi connectivity index (χ4v) is 8.62. The van der Waals surface area contributed by atoms with Gasteiger partial charge >= 0.3 is 0 Å². The first-order valence-electron chi connectivity index (χ1n) is 11.1. The molecule has 3 aliphatic heterocycles. The standard InChI is InChI=1S/C12H18O.C11H19N/c1-7(2)12-5-8-3-10(12)4-9(6-12)11(8)13;1-8(2)11-4-9-3-10(5-11)7-12(11)6-9/h7-10H,3-6H2,1-2H3;8-10H,3-7H2,1-2H3. The van der Waals surface area contributed by atoms with E-state index in [1.165, 1.54) is 51.6 Å². The van der Waals surface area contributed by atoms with Crippen molar-refractivity contribution in [2.45, 2.75) is 78.2 Å². The lowest BCUT2D eigenvalue weighted by atomic mass is 9.68. The van der Waals surface area contributed by atoms with Gasteiger partial charge in [0.15, 0.2) is 0 Å². The van der Waals surface area contributed by atoms with Gasteiger partial charge in [0.1, 0.15) is 5.78 Å². The summed E-state index contributed by atoms with van der Waals surface area (Å²) in [4.78, 5) is 14.6. The number of Topliss-reactive ketones (excluding diaryl/α,β-unsaturated/α-hetero) is 1. The van der Waals surface area contributed by atoms with Gasteiger partial charge in [-0.25, -0.2) is 0 Å². The first kappa shape index (κ1) is 16.8. The molecule has 2 heteroatoms. The van der Waals surface area contributed by atoms with Gasteiger partial charge in [-0.15, -0.1) is 0 Å². The van der Waals surface area contributed by atoms with E-state index >= 15 is 0 Å². The summed E-state index contributed by atoms with van der Waals surface area (Å²) in [5.41, 5.74) is 1.25. The predicted octanol–water partition coefficient (Wildman–Crippen LogP) is 4.77. The third kappa shape index (κ3) is 2.15. The van der Waals surface area contributed by atoms with Crippen LogP contribution in [0, 0.1) is 46.8 Å². The molecule has 8 aliphatic rings. The van der Waals surface area contributed by atoms with Gasteiger partial charge in [-0.2, -0.15) is 0 Å². The molecular weight excluding hydrogens is 306 g/mol. The molecule has 0 aromatic rings. The van der Waals surface area contributed by atoms with Crippen molar-refractivity contribution in [3.05, 3.63) is 0 Å². The highest BCUT2D eigenvalue weighted by Crippen LogP contribution is 2.66. The van der Waals surface area contributed by atoms with Gasteiger partial charge in [-0.3, -0.25) is 9.69 Å². The molecule has 8 rings (SSSR count). The minimum absolute atomic E-state index is 0.472. The minimum atomic E-state index is 0.472. The number of nitrogens with zero attached hydrogens (tertiary/aromatic N) is 1. The SMILES string of the molecule is CC(C)C12CC3CC(CN1C3)C2.CC(C)C12CC3CC1CC(C2)C3=O. The van der Waals surface area contributed by atoms with Gasteiger partial charge in [0.2, 0.25) is 0 Å². The molecule has 8 bridgehead atoms. The fourth-order valence-electron chi connectivity index (χ4n) is 8.62. The smallest absolute Gasteiger partial charge is 0.139 e. The molecule has 0 spiro atoms. The summed E-state index contributed by atoms with van der Waals surface area (Å²) < 4.78 is 0. The average Bonchev–Trinajstić information content (AvgIpc) is 3.17. The number of carbonyl (C=O) groups excluding carboxylic acids is 1. The molecule has 25 heavy (non-hydrogen) atoms. The summed E-state index contributed by atoms with van der Waals surface area (Å²) in [6.45, 7) is 12.4. The van der Waals surface area contributed by atoms with Crippen LogP contribution in [-0.4, -0.2) is 29.3 Å². The second-order valence-corrected chi connectivity index (χ2v) is 11.3. The second-order valence-electron chi connectivity index (χ2n) is 11.3. The van der Waals surface area contributed by atoms with Crippen molar-refractivity contribution >= 4 is 5.78 Å². The van der Waals surface area contributed by atoms with Crippen molar-refractivity contribution in [3.63, 3.8) is 0 Å². The van der Waals surface area contributed by atoms with E-state index in [9.17, 15) is 4.79 Å². The number of hydrogen-bond acceptors (Lipinski definition) is 2. The number of rotatable bonds is 2. The van der Waals surface area contributed by atoms with Crippen molar-refractivity contribution in [1.82, 2.24) is 4.90 Å². The Morgan fingerprint density at radius 1 is 0.840 bits per heavy atom. The maximum absolute atomic E-state index is 11.8. The zero-order valence-corrected chi connectivity index (χ0v) is 16.8. The van der Waals surface area contributed by atoms with E-state index in [1.807, 2.05) is 0 Å². The molecule has 8 fully saturated rings. The van der Waals surface area contributed by atoms with Crippen LogP contribution in [-0.2, 0) is 4.79 Å². The Hall–Kier alpha value is -0.370. The van der Waals surface area contributed by atoms with Crippen LogP contribution in [0.3, 0.4) is 0 Å². The van der Waals surface area contributed by atoms with Crippen molar-refractivity contribution in [2.24, 2.45) is 46.8 Å². The van der Waals surface area contributed by atoms with Crippen molar-refractivity contribution in [3.8, 4) is 0 Å². The number of hydrogen-bond donors (Lipinski definition) is 0. The van der Waals surface area contributed by atoms with Crippen molar-refractivity contribution in [2.75, 3.05) is 13.1 Å². The predicted molar refractivity (Wildman–Crippen MR) is 101 cm³/mol. The zero-order chi connectivity index (χ0) is 17.6. The molecule has 3 saturated heterocycles. The molecule has 4 atom stereocenters. The lowest BCUT2D eigenvalue weighted by molar-refractivity contribution is -0.129. The molecule has 0 radical (unpaired) electrons. The van der Waals surface area contributed by atoms with E-state index in [2.05, 4.69) is 32.6 Å². The molecule has 0 aromatic heterocycles. The summed E-state index contributed by atoms with van der Waals surface area (Å²) in [6.07, 6.45) is 9.49. The van der Waals surface area contributed by atoms with E-state index in [-0.39, 0.29) is 0 Å². The molecule has 4 unspecified atom stereocenters. The highest BCUT2D eigenvalue weighted by Gasteiger charge is 2.62. The lowest BCUT2D eigenvalue weighted by Gasteiger charge is -2.37. The van der Waals surface area contributed by atoms with Crippen LogP contribution < -0.4 is 0 Å². The van der Waals surface area contributed by atoms with Crippen LogP contribution in [0.4, 0.5) is 0 Å². The summed E-state index contributed by atoms with van der Waals surface area (Å²) in [6, 6.07) is 0. The van der Waals surface area contributed by atoms with Crippen LogP contribution in [0.25, 0.3) is 0 Å². The molecule has 140 valence electrons. The summed E-state index contributed by atoms with van der Waals surface area (Å²) in [7, 11) is 0. The Morgan fingerprint density at radius 3 is 1.80 bits per heavy atom. The van der Waals surface area contributed by atoms with Crippen LogP contribution in [0.15, 0.2) is 0 Å². The highest BCUT2D eigenvalue weighted by atomic mass is 16.1. The zero-order valence-electron chi connectivity index (χ0n) is 16.8. The summed E-state index contributed by atoms with van der Waals surface area (Å²) >= 11 is 0. The lowest BCUT2D eigenvalue weighted by Crippen LogP contribution is -2.42. The first-order chi connectivity index (χ1) is 11.8. The number of carbonyl (C=O) groups is 1. The number of ketones is 1. The largest absolute Gasteiger partial charge is 0.299 e. The van der Waals surface area contributed by atoms with E-state index in [4.69, 9.17) is 0 Å². The Morgan fingerprint density at radius 2 is 1.40 bits per heavy atom. The maximum atomic E-state index is 11.8. The van der Waals surface area contributed by atoms with Crippen LogP contribution in [0.2, 0.25) is 0 Å². The van der Waals surface area contributed by atoms with E-state index in [1.54, 1.807) is 6.42 Å². The Labute approximate surface area is 154 Å². The quantitative estimate of drug-likeness (QED) is 0.719. The minimum Gasteiger partial charge on any atom is -0.299 e. The number of piperidine rings is 1. The Kier molecular flexibility index (Phi) is 3.58. The first-order valence-corrected chi connectivity index (χ1v) is 11.1. The van der Waals surface area contributed by atoms with Gasteiger partial charge < -0.3 is 0 Å². The van der Waals surface area contributed by atoms with Gasteiger partial charge in [-0.1, -0.05) is 27.7 Å². The summed E-state index contributed by atoms with van der Waals surface area (Å²) in [5.74, 6) is 6.28. The van der Waals surface area contributed by atoms with Gasteiger partial charge in [0.05, 0.1) is 0 Å². The monoisotopic (exact) mass is 343 g/mol. The molecule has 0 N–H and O–H groups in total. The molecule has 3 heterocycles. The molecular formula is C23H37NO. The fraction of sp³-hybridized carbons (Fsp3) is 0.957. The second kappa shape index (κ2) is 5.33. The maximum Gasteiger partial charge on any atom is 0.139 e. The summed E-state index contributed by atoms with van der Waals surface area (Å²) in [5, 5.41) is 0. The van der Waals surface area contributed by atoms with Gasteiger partial charge in [0, 0.05) is 30.5 Å². The average molecular weight is 344 g/mol. The van der Waals surface area contributed by atoms with Crippen molar-refractivity contribution in [1.29, 1.82) is 0 Å². The van der Waals surface area contributed by atoms with Gasteiger partial charge in [0.25, 0.3) is 0 Å². The van der Waals surface area contributed by atoms with Gasteiger partial charge in [-0.05, 0) is 80.0 Å². The third-order valence-corrected chi connectivity index (χ3v) is 9.77. The third-order valence-electron chi connectivity index (χ3n) is 9.77. The molecule has 5 saturated carbocycles. The Bertz CT molecular complexity index is 547. The molecule has 5 aliphatic carbocycles. The topological polar surface area (TPSA) is 20.3 Å².